The lowest BCUT2D eigenvalue weighted by Gasteiger charge is -2.50. The van der Waals surface area contributed by atoms with Crippen LogP contribution in [0.5, 0.6) is 0 Å². The lowest BCUT2D eigenvalue weighted by Crippen LogP contribution is -2.51. The van der Waals surface area contributed by atoms with Crippen molar-refractivity contribution in [2.24, 2.45) is 41.4 Å². The summed E-state index contributed by atoms with van der Waals surface area (Å²) < 4.78 is 9.97. The Morgan fingerprint density at radius 3 is 2.18 bits per heavy atom. The van der Waals surface area contributed by atoms with Gasteiger partial charge in [0.1, 0.15) is 0 Å². The molecule has 6 heteroatoms. The Kier molecular flexibility index (Phi) is 3.01. The third-order valence-corrected chi connectivity index (χ3v) is 7.10. The van der Waals surface area contributed by atoms with Crippen molar-refractivity contribution in [1.82, 2.24) is 0 Å². The summed E-state index contributed by atoms with van der Waals surface area (Å²) >= 11 is 0. The number of carbonyl (C=O) groups excluding carboxylic acids is 4. The molecule has 1 saturated carbocycles. The number of ether oxygens (including phenoxy) is 2. The third-order valence-electron chi connectivity index (χ3n) is 7.10. The Bertz CT molecular complexity index is 1020. The predicted octanol–water partition coefficient (Wildman–Crippen LogP) is 1.91. The summed E-state index contributed by atoms with van der Waals surface area (Å²) in [6.45, 7) is 0. The minimum atomic E-state index is -0.600. The first-order valence-electron chi connectivity index (χ1n) is 9.54. The largest absolute Gasteiger partial charge is 0.393 e. The van der Waals surface area contributed by atoms with Crippen molar-refractivity contribution >= 4 is 29.5 Å². The molecule has 0 N–H and O–H groups in total. The first kappa shape index (κ1) is 16.0. The zero-order valence-electron chi connectivity index (χ0n) is 14.7. The van der Waals surface area contributed by atoms with Gasteiger partial charge in [-0.15, -0.1) is 0 Å². The van der Waals surface area contributed by atoms with Gasteiger partial charge in [-0.25, -0.2) is 0 Å². The fourth-order valence-corrected chi connectivity index (χ4v) is 6.11. The quantitative estimate of drug-likeness (QED) is 0.423. The number of benzene rings is 1. The summed E-state index contributed by atoms with van der Waals surface area (Å²) in [6, 6.07) is 9.72. The van der Waals surface area contributed by atoms with Gasteiger partial charge in [-0.05, 0) is 23.5 Å². The first-order valence-corrected chi connectivity index (χ1v) is 9.54. The molecule has 140 valence electrons. The second-order valence-corrected chi connectivity index (χ2v) is 8.18. The van der Waals surface area contributed by atoms with Gasteiger partial charge in [0, 0.05) is 11.8 Å². The van der Waals surface area contributed by atoms with Gasteiger partial charge in [-0.2, -0.15) is 0 Å². The van der Waals surface area contributed by atoms with Crippen LogP contribution in [0.1, 0.15) is 12.0 Å². The van der Waals surface area contributed by atoms with Crippen LogP contribution in [0.3, 0.4) is 0 Å². The van der Waals surface area contributed by atoms with E-state index >= 15 is 0 Å². The summed E-state index contributed by atoms with van der Waals surface area (Å²) in [6.07, 6.45) is 4.31. The molecule has 0 radical (unpaired) electrons. The Morgan fingerprint density at radius 2 is 1.39 bits per heavy atom. The van der Waals surface area contributed by atoms with E-state index in [0.29, 0.717) is 6.42 Å². The van der Waals surface area contributed by atoms with Gasteiger partial charge in [-0.1, -0.05) is 48.1 Å². The van der Waals surface area contributed by atoms with E-state index in [1.54, 1.807) is 0 Å². The van der Waals surface area contributed by atoms with Crippen molar-refractivity contribution in [3.63, 3.8) is 0 Å². The number of hydrogen-bond acceptors (Lipinski definition) is 6. The molecule has 7 atom stereocenters. The van der Waals surface area contributed by atoms with Crippen LogP contribution >= 0.6 is 0 Å². The van der Waals surface area contributed by atoms with Crippen LogP contribution in [0, 0.1) is 41.4 Å². The fourth-order valence-electron chi connectivity index (χ4n) is 6.11. The summed E-state index contributed by atoms with van der Waals surface area (Å²) in [5.41, 5.74) is 2.96. The highest BCUT2D eigenvalue weighted by Crippen LogP contribution is 2.62. The van der Waals surface area contributed by atoms with E-state index in [4.69, 9.17) is 9.47 Å². The molecule has 7 rings (SSSR count). The number of cyclic esters (lactones) is 4. The lowest BCUT2D eigenvalue weighted by molar-refractivity contribution is -0.156. The molecule has 0 spiro atoms. The number of fused-ring (bicyclic) bond motifs is 1. The Labute approximate surface area is 160 Å². The molecule has 2 aliphatic heterocycles. The molecule has 1 aromatic rings. The molecule has 0 amide bonds. The van der Waals surface area contributed by atoms with Gasteiger partial charge in [0.25, 0.3) is 0 Å². The zero-order valence-corrected chi connectivity index (χ0v) is 14.7. The van der Waals surface area contributed by atoms with Gasteiger partial charge in [0.05, 0.1) is 23.7 Å². The number of carbonyl (C=O) groups is 4. The maximum Gasteiger partial charge on any atom is 0.318 e. The summed E-state index contributed by atoms with van der Waals surface area (Å²) in [5.74, 6) is -5.24. The third kappa shape index (κ3) is 1.83. The van der Waals surface area contributed by atoms with Gasteiger partial charge < -0.3 is 9.47 Å². The Morgan fingerprint density at radius 1 is 0.714 bits per heavy atom. The average molecular weight is 376 g/mol. The van der Waals surface area contributed by atoms with E-state index in [2.05, 4.69) is 0 Å². The number of hydrogen-bond donors (Lipinski definition) is 0. The van der Waals surface area contributed by atoms with Gasteiger partial charge in [-0.3, -0.25) is 19.2 Å². The Hall–Kier alpha value is -3.02. The highest BCUT2D eigenvalue weighted by molar-refractivity contribution is 6.01. The monoisotopic (exact) mass is 376 g/mol. The molecular formula is C22H16O6. The molecule has 7 unspecified atom stereocenters. The highest BCUT2D eigenvalue weighted by Gasteiger charge is 2.66. The standard InChI is InChI=1S/C22H16O6/c23-19-13-8-12(9-4-2-1-3-5-9)14-10-6-7-11(15(14)18(13)22(26)27-19)17-16(10)20(24)28-21(17)25/h1-7,10-11,13,15-18H,8H2. The van der Waals surface area contributed by atoms with Crippen LogP contribution in [0.2, 0.25) is 0 Å². The smallest absolute Gasteiger partial charge is 0.318 e. The lowest BCUT2D eigenvalue weighted by atomic mass is 9.49. The second kappa shape index (κ2) is 5.28. The molecule has 0 aromatic heterocycles. The molecule has 28 heavy (non-hydrogen) atoms. The maximum atomic E-state index is 12.6. The normalized spacial score (nSPS) is 40.2. The van der Waals surface area contributed by atoms with E-state index in [0.717, 1.165) is 16.7 Å². The van der Waals surface area contributed by atoms with E-state index in [-0.39, 0.29) is 17.8 Å². The number of rotatable bonds is 1. The summed E-state index contributed by atoms with van der Waals surface area (Å²) in [7, 11) is 0. The summed E-state index contributed by atoms with van der Waals surface area (Å²) in [5, 5.41) is 0. The highest BCUT2D eigenvalue weighted by atomic mass is 16.6. The number of allylic oxidation sites excluding steroid dienone is 4. The van der Waals surface area contributed by atoms with Crippen LogP contribution in [0.4, 0.5) is 0 Å². The van der Waals surface area contributed by atoms with E-state index in [1.165, 1.54) is 0 Å². The average Bonchev–Trinajstić information content (AvgIpc) is 3.18. The SMILES string of the molecule is O=C1OC(=O)C2C1CC(c1ccccc1)=C1C3C=CC(C4C(=O)OC(=O)C34)C12. The fraction of sp³-hybridized carbons (Fsp3) is 0.364. The van der Waals surface area contributed by atoms with E-state index < -0.39 is 47.5 Å². The van der Waals surface area contributed by atoms with Crippen molar-refractivity contribution in [2.45, 2.75) is 6.42 Å². The van der Waals surface area contributed by atoms with E-state index in [1.807, 2.05) is 42.5 Å². The minimum absolute atomic E-state index is 0.293. The topological polar surface area (TPSA) is 86.7 Å². The van der Waals surface area contributed by atoms with Gasteiger partial charge in [0.15, 0.2) is 0 Å². The first-order chi connectivity index (χ1) is 13.6. The zero-order chi connectivity index (χ0) is 19.2. The molecule has 2 heterocycles. The van der Waals surface area contributed by atoms with Gasteiger partial charge >= 0.3 is 23.9 Å². The van der Waals surface area contributed by atoms with Gasteiger partial charge in [0.2, 0.25) is 0 Å². The number of esters is 4. The molecule has 2 saturated heterocycles. The van der Waals surface area contributed by atoms with Crippen LogP contribution in [-0.4, -0.2) is 23.9 Å². The molecule has 1 aromatic carbocycles. The predicted molar refractivity (Wildman–Crippen MR) is 93.7 cm³/mol. The van der Waals surface area contributed by atoms with Crippen LogP contribution in [0.25, 0.3) is 5.57 Å². The second-order valence-electron chi connectivity index (χ2n) is 8.18. The molecular weight excluding hydrogens is 360 g/mol. The van der Waals surface area contributed by atoms with Crippen LogP contribution in [-0.2, 0) is 28.7 Å². The summed E-state index contributed by atoms with van der Waals surface area (Å²) in [4.78, 5) is 49.8. The molecule has 6 aliphatic rings. The maximum absolute atomic E-state index is 12.6. The minimum Gasteiger partial charge on any atom is -0.393 e. The molecule has 6 nitrogen and oxygen atoms in total. The van der Waals surface area contributed by atoms with Crippen molar-refractivity contribution in [3.05, 3.63) is 53.6 Å². The van der Waals surface area contributed by atoms with Crippen molar-refractivity contribution < 1.29 is 28.7 Å². The van der Waals surface area contributed by atoms with Crippen LogP contribution in [0.15, 0.2) is 48.1 Å². The Balaban J connectivity index is 1.61. The van der Waals surface area contributed by atoms with Crippen molar-refractivity contribution in [2.75, 3.05) is 0 Å². The van der Waals surface area contributed by atoms with Crippen molar-refractivity contribution in [1.29, 1.82) is 0 Å². The van der Waals surface area contributed by atoms with Crippen molar-refractivity contribution in [3.8, 4) is 0 Å². The van der Waals surface area contributed by atoms with E-state index in [9.17, 15) is 19.2 Å². The van der Waals surface area contributed by atoms with Crippen LogP contribution < -0.4 is 0 Å². The molecule has 4 aliphatic carbocycles. The molecule has 3 fully saturated rings. The molecule has 2 bridgehead atoms.